The van der Waals surface area contributed by atoms with Crippen LogP contribution in [0, 0.1) is 5.92 Å². The lowest BCUT2D eigenvalue weighted by atomic mass is 10.1. The van der Waals surface area contributed by atoms with Gasteiger partial charge < -0.3 is 29.3 Å². The molecule has 4 rings (SSSR count). The van der Waals surface area contributed by atoms with Crippen molar-refractivity contribution in [2.24, 2.45) is 5.92 Å². The Morgan fingerprint density at radius 1 is 1.00 bits per heavy atom. The van der Waals surface area contributed by atoms with Crippen LogP contribution in [0.15, 0.2) is 36.4 Å². The van der Waals surface area contributed by atoms with Crippen molar-refractivity contribution in [3.8, 4) is 17.3 Å². The van der Waals surface area contributed by atoms with Gasteiger partial charge in [-0.1, -0.05) is 30.3 Å². The topological polar surface area (TPSA) is 140 Å². The van der Waals surface area contributed by atoms with Crippen LogP contribution >= 0.6 is 0 Å². The molecule has 12 heteroatoms. The van der Waals surface area contributed by atoms with Gasteiger partial charge in [-0.25, -0.2) is 9.78 Å². The molecule has 0 bridgehead atoms. The molecule has 2 aliphatic rings. The predicted molar refractivity (Wildman–Crippen MR) is 157 cm³/mol. The molecule has 2 fully saturated rings. The van der Waals surface area contributed by atoms with Crippen molar-refractivity contribution in [2.45, 2.75) is 65.0 Å². The summed E-state index contributed by atoms with van der Waals surface area (Å²) in [6, 6.07) is 9.69. The summed E-state index contributed by atoms with van der Waals surface area (Å²) in [4.78, 5) is 64.0. The van der Waals surface area contributed by atoms with E-state index in [9.17, 15) is 19.2 Å². The van der Waals surface area contributed by atoms with Crippen molar-refractivity contribution in [1.82, 2.24) is 25.1 Å². The summed E-state index contributed by atoms with van der Waals surface area (Å²) in [5.41, 5.74) is 0.0712. The van der Waals surface area contributed by atoms with E-state index in [1.54, 1.807) is 32.6 Å². The molecule has 2 heterocycles. The fourth-order valence-electron chi connectivity index (χ4n) is 4.51. The number of amides is 3. The van der Waals surface area contributed by atoms with Gasteiger partial charge in [-0.05, 0) is 52.9 Å². The van der Waals surface area contributed by atoms with E-state index >= 15 is 0 Å². The number of hydrogen-bond acceptors (Lipinski definition) is 9. The van der Waals surface area contributed by atoms with Gasteiger partial charge >= 0.3 is 12.1 Å². The molecule has 0 spiro atoms. The molecule has 0 unspecified atom stereocenters. The first-order valence-electron chi connectivity index (χ1n) is 14.8. The van der Waals surface area contributed by atoms with Gasteiger partial charge in [0.2, 0.25) is 11.8 Å². The molecular formula is C31H41N5O7. The molecule has 3 amide bonds. The standard InChI is InChI=1S/C31H41N5O7/c1-5-41-30(40)36-17-15-35(16-18-36)29(39)23(13-14-26(37)43-31(2,3)4)33-28(38)24-19-25(42-20-21-11-12-21)34-27(32-24)22-9-7-6-8-10-22/h6-10,19,21,23H,5,11-18,20H2,1-4H3,(H,33,38)/t23-/m0/s1. The Bertz CT molecular complexity index is 1290. The van der Waals surface area contributed by atoms with E-state index in [4.69, 9.17) is 14.2 Å². The molecule has 43 heavy (non-hydrogen) atoms. The number of benzene rings is 1. The average molecular weight is 596 g/mol. The average Bonchev–Trinajstić information content (AvgIpc) is 3.82. The Hall–Kier alpha value is -4.22. The molecule has 1 saturated carbocycles. The summed E-state index contributed by atoms with van der Waals surface area (Å²) in [6.45, 7) is 8.92. The van der Waals surface area contributed by atoms with Gasteiger partial charge in [0.15, 0.2) is 5.82 Å². The summed E-state index contributed by atoms with van der Waals surface area (Å²) in [5.74, 6) is -0.350. The molecule has 2 aromatic rings. The van der Waals surface area contributed by atoms with Crippen LogP contribution in [0.4, 0.5) is 4.79 Å². The molecule has 12 nitrogen and oxygen atoms in total. The van der Waals surface area contributed by atoms with Crippen molar-refractivity contribution in [2.75, 3.05) is 39.4 Å². The zero-order valence-electron chi connectivity index (χ0n) is 25.3. The quantitative estimate of drug-likeness (QED) is 0.387. The van der Waals surface area contributed by atoms with Crippen molar-refractivity contribution in [3.05, 3.63) is 42.1 Å². The summed E-state index contributed by atoms with van der Waals surface area (Å²) in [5, 5.41) is 2.80. The van der Waals surface area contributed by atoms with Gasteiger partial charge in [-0.2, -0.15) is 4.98 Å². The van der Waals surface area contributed by atoms with Crippen molar-refractivity contribution >= 4 is 23.9 Å². The van der Waals surface area contributed by atoms with E-state index < -0.39 is 29.6 Å². The van der Waals surface area contributed by atoms with E-state index in [-0.39, 0.29) is 50.0 Å². The first kappa shape index (κ1) is 31.7. The molecule has 1 aliphatic heterocycles. The first-order valence-corrected chi connectivity index (χ1v) is 14.8. The lowest BCUT2D eigenvalue weighted by Crippen LogP contribution is -2.56. The summed E-state index contributed by atoms with van der Waals surface area (Å²) in [6.07, 6.45) is 1.71. The summed E-state index contributed by atoms with van der Waals surface area (Å²) in [7, 11) is 0. The second kappa shape index (κ2) is 14.3. The van der Waals surface area contributed by atoms with Gasteiger partial charge in [0, 0.05) is 44.2 Å². The molecule has 1 aliphatic carbocycles. The van der Waals surface area contributed by atoms with Crippen LogP contribution in [-0.2, 0) is 19.1 Å². The highest BCUT2D eigenvalue weighted by atomic mass is 16.6. The SMILES string of the molecule is CCOC(=O)N1CCN(C(=O)[C@H](CCC(=O)OC(C)(C)C)NC(=O)c2cc(OCC3CC3)nc(-c3ccccc3)n2)CC1. The molecule has 1 aromatic heterocycles. The van der Waals surface area contributed by atoms with Crippen LogP contribution in [0.25, 0.3) is 11.4 Å². The highest BCUT2D eigenvalue weighted by molar-refractivity contribution is 5.96. The maximum absolute atomic E-state index is 13.7. The monoisotopic (exact) mass is 595 g/mol. The van der Waals surface area contributed by atoms with Crippen molar-refractivity contribution < 1.29 is 33.4 Å². The second-order valence-electron chi connectivity index (χ2n) is 11.7. The number of aromatic nitrogens is 2. The Kier molecular flexibility index (Phi) is 10.5. The Morgan fingerprint density at radius 3 is 2.30 bits per heavy atom. The van der Waals surface area contributed by atoms with Gasteiger partial charge in [-0.15, -0.1) is 0 Å². The fourth-order valence-corrected chi connectivity index (χ4v) is 4.51. The molecule has 232 valence electrons. The molecule has 0 radical (unpaired) electrons. The minimum Gasteiger partial charge on any atom is -0.477 e. The molecule has 1 atom stereocenters. The van der Waals surface area contributed by atoms with Crippen molar-refractivity contribution in [3.63, 3.8) is 0 Å². The number of piperazine rings is 1. The number of hydrogen-bond donors (Lipinski definition) is 1. The molecular weight excluding hydrogens is 554 g/mol. The highest BCUT2D eigenvalue weighted by Gasteiger charge is 2.32. The van der Waals surface area contributed by atoms with Crippen molar-refractivity contribution in [1.29, 1.82) is 0 Å². The largest absolute Gasteiger partial charge is 0.477 e. The lowest BCUT2D eigenvalue weighted by Gasteiger charge is -2.36. The van der Waals surface area contributed by atoms with E-state index in [0.717, 1.165) is 12.8 Å². The third kappa shape index (κ3) is 9.65. The minimum absolute atomic E-state index is 0.0270. The summed E-state index contributed by atoms with van der Waals surface area (Å²) < 4.78 is 16.4. The third-order valence-electron chi connectivity index (χ3n) is 6.91. The van der Waals surface area contributed by atoms with Gasteiger partial charge in [0.1, 0.15) is 17.3 Å². The first-order chi connectivity index (χ1) is 20.5. The molecule has 1 N–H and O–H groups in total. The van der Waals surface area contributed by atoms with Crippen LogP contribution in [0.5, 0.6) is 5.88 Å². The van der Waals surface area contributed by atoms with Gasteiger partial charge in [0.05, 0.1) is 13.2 Å². The maximum atomic E-state index is 13.7. The Labute approximate surface area is 252 Å². The van der Waals surface area contributed by atoms with Crippen LogP contribution in [0.1, 0.15) is 63.9 Å². The Balaban J connectivity index is 1.52. The number of esters is 1. The molecule has 1 saturated heterocycles. The van der Waals surface area contributed by atoms with Gasteiger partial charge in [0.25, 0.3) is 5.91 Å². The van der Waals surface area contributed by atoms with Crippen LogP contribution in [0.2, 0.25) is 0 Å². The normalized spacial score (nSPS) is 15.8. The zero-order chi connectivity index (χ0) is 31.0. The van der Waals surface area contributed by atoms with Crippen LogP contribution in [-0.4, -0.2) is 94.7 Å². The number of carbonyl (C=O) groups is 4. The predicted octanol–water partition coefficient (Wildman–Crippen LogP) is 3.45. The number of rotatable bonds is 11. The maximum Gasteiger partial charge on any atom is 0.409 e. The fraction of sp³-hybridized carbons (Fsp3) is 0.548. The van der Waals surface area contributed by atoms with E-state index in [1.165, 1.54) is 11.0 Å². The van der Waals surface area contributed by atoms with E-state index in [2.05, 4.69) is 15.3 Å². The lowest BCUT2D eigenvalue weighted by molar-refractivity contribution is -0.155. The minimum atomic E-state index is -1.03. The molecule has 1 aromatic carbocycles. The number of nitrogens with zero attached hydrogens (tertiary/aromatic N) is 4. The van der Waals surface area contributed by atoms with Crippen LogP contribution < -0.4 is 10.1 Å². The second-order valence-corrected chi connectivity index (χ2v) is 11.7. The van der Waals surface area contributed by atoms with Crippen LogP contribution in [0.3, 0.4) is 0 Å². The van der Waals surface area contributed by atoms with Gasteiger partial charge in [-0.3, -0.25) is 14.4 Å². The Morgan fingerprint density at radius 2 is 1.67 bits per heavy atom. The van der Waals surface area contributed by atoms with E-state index in [1.807, 2.05) is 30.3 Å². The zero-order valence-corrected chi connectivity index (χ0v) is 25.3. The number of nitrogens with one attached hydrogen (secondary N) is 1. The van der Waals surface area contributed by atoms with E-state index in [0.29, 0.717) is 37.0 Å². The highest BCUT2D eigenvalue weighted by Crippen LogP contribution is 2.29. The number of ether oxygens (including phenoxy) is 3. The third-order valence-corrected chi connectivity index (χ3v) is 6.91. The number of carbonyl (C=O) groups excluding carboxylic acids is 4. The summed E-state index contributed by atoms with van der Waals surface area (Å²) >= 11 is 0. The smallest absolute Gasteiger partial charge is 0.409 e.